The number of carbonyl (C=O) groups is 1. The minimum atomic E-state index is -2.53. The number of H-pyrrole nitrogens is 1. The van der Waals surface area contributed by atoms with E-state index in [0.29, 0.717) is 11.0 Å². The molecule has 128 valence electrons. The van der Waals surface area contributed by atoms with Gasteiger partial charge in [0.15, 0.2) is 0 Å². The Bertz CT molecular complexity index is 1250. The second-order valence-corrected chi connectivity index (χ2v) is 9.79. The van der Waals surface area contributed by atoms with Crippen molar-refractivity contribution in [2.45, 2.75) is 0 Å². The molecular formula is C23H15N2OP. The molecule has 2 heterocycles. The number of para-hydroxylation sites is 1. The molecule has 4 aromatic rings. The van der Waals surface area contributed by atoms with Crippen molar-refractivity contribution >= 4 is 44.8 Å². The van der Waals surface area contributed by atoms with Crippen molar-refractivity contribution in [3.63, 3.8) is 0 Å². The Morgan fingerprint density at radius 3 is 1.93 bits per heavy atom. The van der Waals surface area contributed by atoms with Crippen LogP contribution in [0.25, 0.3) is 10.9 Å². The highest BCUT2D eigenvalue weighted by atomic mass is 31.2. The molecule has 0 radical (unpaired) electrons. The van der Waals surface area contributed by atoms with Gasteiger partial charge in [0, 0.05) is 23.1 Å². The molecule has 1 aliphatic heterocycles. The maximum absolute atomic E-state index is 13.3. The molecule has 1 aromatic heterocycles. The van der Waals surface area contributed by atoms with E-state index in [1.807, 2.05) is 84.9 Å². The lowest BCUT2D eigenvalue weighted by atomic mass is 10.2. The molecule has 4 heteroatoms. The van der Waals surface area contributed by atoms with E-state index in [0.717, 1.165) is 26.8 Å². The Morgan fingerprint density at radius 1 is 0.778 bits per heavy atom. The van der Waals surface area contributed by atoms with Gasteiger partial charge in [0.05, 0.1) is 5.69 Å². The lowest BCUT2D eigenvalue weighted by Crippen LogP contribution is -2.27. The second-order valence-electron chi connectivity index (χ2n) is 6.53. The SMILES string of the molecule is N#CC1=P(c2ccccc2)(c2ccccc2)c2c([nH]c3ccccc23)C1=O. The van der Waals surface area contributed by atoms with E-state index in [1.54, 1.807) is 0 Å². The Kier molecular flexibility index (Phi) is 3.44. The first-order chi connectivity index (χ1) is 13.3. The molecule has 0 spiro atoms. The van der Waals surface area contributed by atoms with Crippen LogP contribution in [0.1, 0.15) is 10.5 Å². The van der Waals surface area contributed by atoms with E-state index in [1.165, 1.54) is 0 Å². The summed E-state index contributed by atoms with van der Waals surface area (Å²) >= 11 is 0. The third kappa shape index (κ3) is 1.99. The van der Waals surface area contributed by atoms with Crippen LogP contribution in [0.4, 0.5) is 0 Å². The van der Waals surface area contributed by atoms with Gasteiger partial charge in [-0.1, -0.05) is 78.9 Å². The molecule has 0 atom stereocenters. The van der Waals surface area contributed by atoms with Crippen molar-refractivity contribution in [1.82, 2.24) is 4.98 Å². The van der Waals surface area contributed by atoms with Gasteiger partial charge < -0.3 is 4.98 Å². The van der Waals surface area contributed by atoms with E-state index in [-0.39, 0.29) is 5.78 Å². The summed E-state index contributed by atoms with van der Waals surface area (Å²) in [7, 11) is 0. The summed E-state index contributed by atoms with van der Waals surface area (Å²) < 4.78 is 0. The van der Waals surface area contributed by atoms with Gasteiger partial charge in [-0.15, -0.1) is 0 Å². The molecule has 3 aromatic carbocycles. The number of hydrogen-bond acceptors (Lipinski definition) is 2. The third-order valence-electron chi connectivity index (χ3n) is 5.18. The summed E-state index contributed by atoms with van der Waals surface area (Å²) in [5.74, 6) is -0.176. The molecule has 0 bridgehead atoms. The normalized spacial score (nSPS) is 14.9. The van der Waals surface area contributed by atoms with Crippen LogP contribution in [0.2, 0.25) is 0 Å². The fourth-order valence-corrected chi connectivity index (χ4v) is 8.53. The molecule has 0 unspecified atom stereocenters. The van der Waals surface area contributed by atoms with Gasteiger partial charge >= 0.3 is 0 Å². The number of benzene rings is 3. The molecule has 3 nitrogen and oxygen atoms in total. The minimum absolute atomic E-state index is 0.176. The number of Topliss-reactive ketones (excluding diaryl/α,β-unsaturated/α-hetero) is 1. The Labute approximate surface area is 156 Å². The van der Waals surface area contributed by atoms with Crippen molar-refractivity contribution in [1.29, 1.82) is 5.26 Å². The van der Waals surface area contributed by atoms with Crippen LogP contribution < -0.4 is 15.9 Å². The van der Waals surface area contributed by atoms with E-state index in [9.17, 15) is 10.1 Å². The monoisotopic (exact) mass is 366 g/mol. The molecule has 5 rings (SSSR count). The molecule has 1 N–H and O–H groups in total. The number of aromatic amines is 1. The summed E-state index contributed by atoms with van der Waals surface area (Å²) in [5.41, 5.74) is 1.50. The van der Waals surface area contributed by atoms with Gasteiger partial charge in [0.2, 0.25) is 5.78 Å². The quantitative estimate of drug-likeness (QED) is 0.553. The zero-order valence-corrected chi connectivity index (χ0v) is 15.3. The van der Waals surface area contributed by atoms with Gasteiger partial charge in [0.1, 0.15) is 11.4 Å². The van der Waals surface area contributed by atoms with Crippen LogP contribution in [0.15, 0.2) is 84.9 Å². The Morgan fingerprint density at radius 2 is 1.33 bits per heavy atom. The highest BCUT2D eigenvalue weighted by molar-refractivity contribution is 7.98. The van der Waals surface area contributed by atoms with Gasteiger partial charge in [-0.25, -0.2) is 0 Å². The first-order valence-electron chi connectivity index (χ1n) is 8.72. The fraction of sp³-hybridized carbons (Fsp3) is 0. The van der Waals surface area contributed by atoms with Crippen LogP contribution in [0, 0.1) is 11.3 Å². The van der Waals surface area contributed by atoms with Gasteiger partial charge in [-0.2, -0.15) is 5.26 Å². The predicted octanol–water partition coefficient (Wildman–Crippen LogP) is 3.35. The number of nitrogens with zero attached hydrogens (tertiary/aromatic N) is 1. The zero-order chi connectivity index (χ0) is 18.4. The summed E-state index contributed by atoms with van der Waals surface area (Å²) in [6.07, 6.45) is 0. The first kappa shape index (κ1) is 15.9. The molecular weight excluding hydrogens is 351 g/mol. The van der Waals surface area contributed by atoms with Gasteiger partial charge in [-0.05, 0) is 16.7 Å². The molecule has 0 amide bonds. The van der Waals surface area contributed by atoms with E-state index >= 15 is 0 Å². The average Bonchev–Trinajstić information content (AvgIpc) is 3.23. The van der Waals surface area contributed by atoms with Crippen molar-refractivity contribution in [3.8, 4) is 6.07 Å². The molecule has 0 saturated heterocycles. The number of ketones is 1. The van der Waals surface area contributed by atoms with Crippen molar-refractivity contribution < 1.29 is 4.79 Å². The number of nitrogens with one attached hydrogen (secondary N) is 1. The molecule has 0 fully saturated rings. The second kappa shape index (κ2) is 5.84. The standard InChI is InChI=1S/C23H15N2OP/c24-15-20-22(26)21-23(18-13-7-8-14-19(18)25-21)27(20,16-9-3-1-4-10-16)17-11-5-2-6-12-17/h1-14,25H. The highest BCUT2D eigenvalue weighted by Gasteiger charge is 2.44. The number of carbonyl (C=O) groups excluding carboxylic acids is 1. The average molecular weight is 366 g/mol. The maximum Gasteiger partial charge on any atom is 0.221 e. The lowest BCUT2D eigenvalue weighted by Gasteiger charge is -2.26. The van der Waals surface area contributed by atoms with E-state index in [2.05, 4.69) is 11.1 Å². The van der Waals surface area contributed by atoms with Crippen LogP contribution in [-0.4, -0.2) is 16.1 Å². The number of aromatic nitrogens is 1. The van der Waals surface area contributed by atoms with E-state index in [4.69, 9.17) is 0 Å². The third-order valence-corrected chi connectivity index (χ3v) is 9.44. The lowest BCUT2D eigenvalue weighted by molar-refractivity contribution is 0.106. The van der Waals surface area contributed by atoms with Crippen molar-refractivity contribution in [3.05, 3.63) is 90.6 Å². The summed E-state index contributed by atoms with van der Waals surface area (Å²) in [6, 6.07) is 30.3. The molecule has 0 saturated carbocycles. The maximum atomic E-state index is 13.3. The van der Waals surface area contributed by atoms with Crippen molar-refractivity contribution in [2.75, 3.05) is 0 Å². The van der Waals surface area contributed by atoms with E-state index < -0.39 is 6.89 Å². The first-order valence-corrected chi connectivity index (χ1v) is 10.5. The van der Waals surface area contributed by atoms with Crippen LogP contribution in [0.3, 0.4) is 0 Å². The molecule has 1 aliphatic rings. The minimum Gasteiger partial charge on any atom is -0.351 e. The van der Waals surface area contributed by atoms with Crippen molar-refractivity contribution in [2.24, 2.45) is 0 Å². The number of nitriles is 1. The summed E-state index contributed by atoms with van der Waals surface area (Å²) in [4.78, 5) is 16.6. The fourth-order valence-electron chi connectivity index (χ4n) is 4.12. The smallest absolute Gasteiger partial charge is 0.221 e. The van der Waals surface area contributed by atoms with Gasteiger partial charge in [-0.3, -0.25) is 4.79 Å². The number of hydrogen-bond donors (Lipinski definition) is 1. The summed E-state index contributed by atoms with van der Waals surface area (Å²) in [6.45, 7) is -2.53. The molecule has 27 heavy (non-hydrogen) atoms. The summed E-state index contributed by atoms with van der Waals surface area (Å²) in [5, 5.41) is 14.5. The number of fused-ring (bicyclic) bond motifs is 3. The highest BCUT2D eigenvalue weighted by Crippen LogP contribution is 2.52. The predicted molar refractivity (Wildman–Crippen MR) is 112 cm³/mol. The van der Waals surface area contributed by atoms with Gasteiger partial charge in [0.25, 0.3) is 0 Å². The topological polar surface area (TPSA) is 56.6 Å². The Hall–Kier alpha value is -3.34. The Balaban J connectivity index is 2.08. The van der Waals surface area contributed by atoms with Crippen LogP contribution >= 0.6 is 6.89 Å². The zero-order valence-electron chi connectivity index (χ0n) is 14.4. The van der Waals surface area contributed by atoms with Crippen LogP contribution in [-0.2, 0) is 0 Å². The molecule has 0 aliphatic carbocycles. The number of rotatable bonds is 2. The van der Waals surface area contributed by atoms with Crippen LogP contribution in [0.5, 0.6) is 0 Å². The largest absolute Gasteiger partial charge is 0.351 e.